The lowest BCUT2D eigenvalue weighted by molar-refractivity contribution is -0.176. The highest BCUT2D eigenvalue weighted by Crippen LogP contribution is 2.21. The molecule has 1 aliphatic heterocycles. The molecule has 0 unspecified atom stereocenters. The van der Waals surface area contributed by atoms with Crippen LogP contribution in [0.1, 0.15) is 39.1 Å². The van der Waals surface area contributed by atoms with Crippen molar-refractivity contribution in [3.05, 3.63) is 65.2 Å². The molecule has 0 saturated carbocycles. The molecular formula is C21H21F3N2O3. The number of likely N-dealkylation sites (tertiary alicyclic amines) is 1. The van der Waals surface area contributed by atoms with Crippen molar-refractivity contribution in [3.63, 3.8) is 0 Å². The normalized spacial score (nSPS) is 14.1. The van der Waals surface area contributed by atoms with Crippen LogP contribution in [-0.4, -0.2) is 42.6 Å². The maximum Gasteiger partial charge on any atom is 0.411 e. The third-order valence-corrected chi connectivity index (χ3v) is 4.55. The molecule has 0 aromatic heterocycles. The van der Waals surface area contributed by atoms with E-state index < -0.39 is 18.7 Å². The second-order valence-electron chi connectivity index (χ2n) is 6.80. The molecular weight excluding hydrogens is 385 g/mol. The zero-order valence-corrected chi connectivity index (χ0v) is 15.7. The minimum atomic E-state index is -4.38. The first-order valence-corrected chi connectivity index (χ1v) is 9.26. The molecule has 0 spiro atoms. The fraction of sp³-hybridized carbons (Fsp3) is 0.333. The Morgan fingerprint density at radius 1 is 1.00 bits per heavy atom. The van der Waals surface area contributed by atoms with E-state index in [9.17, 15) is 22.8 Å². The van der Waals surface area contributed by atoms with Gasteiger partial charge in [0, 0.05) is 18.7 Å². The average Bonchev–Trinajstić information content (AvgIpc) is 3.22. The van der Waals surface area contributed by atoms with Crippen molar-refractivity contribution in [3.8, 4) is 0 Å². The summed E-state index contributed by atoms with van der Waals surface area (Å²) in [7, 11) is 0. The Bertz CT molecular complexity index is 860. The molecule has 154 valence electrons. The highest BCUT2D eigenvalue weighted by atomic mass is 19.4. The molecule has 5 nitrogen and oxygen atoms in total. The van der Waals surface area contributed by atoms with E-state index in [1.807, 2.05) is 0 Å². The average molecular weight is 406 g/mol. The van der Waals surface area contributed by atoms with Crippen LogP contribution < -0.4 is 5.32 Å². The summed E-state index contributed by atoms with van der Waals surface area (Å²) in [6.45, 7) is -0.108. The van der Waals surface area contributed by atoms with Gasteiger partial charge in [0.05, 0.1) is 17.9 Å². The SMILES string of the molecule is O=C(Nc1ccccc1C(=O)N1CCCC1)c1ccc(COCC(F)(F)F)cc1. The maximum absolute atomic E-state index is 12.7. The maximum atomic E-state index is 12.7. The van der Waals surface area contributed by atoms with Gasteiger partial charge in [-0.3, -0.25) is 9.59 Å². The monoisotopic (exact) mass is 406 g/mol. The third kappa shape index (κ3) is 5.80. The van der Waals surface area contributed by atoms with Crippen LogP contribution >= 0.6 is 0 Å². The lowest BCUT2D eigenvalue weighted by Crippen LogP contribution is -2.28. The van der Waals surface area contributed by atoms with Crippen LogP contribution in [0.2, 0.25) is 0 Å². The number of rotatable bonds is 6. The van der Waals surface area contributed by atoms with Crippen molar-refractivity contribution in [2.24, 2.45) is 0 Å². The number of benzene rings is 2. The zero-order valence-electron chi connectivity index (χ0n) is 15.7. The lowest BCUT2D eigenvalue weighted by atomic mass is 10.1. The number of nitrogens with one attached hydrogen (secondary N) is 1. The molecule has 1 heterocycles. The van der Waals surface area contributed by atoms with Gasteiger partial charge in [-0.15, -0.1) is 0 Å². The number of amides is 2. The summed E-state index contributed by atoms with van der Waals surface area (Å²) in [5, 5.41) is 2.75. The van der Waals surface area contributed by atoms with Crippen molar-refractivity contribution in [2.75, 3.05) is 25.0 Å². The number of ether oxygens (including phenoxy) is 1. The molecule has 29 heavy (non-hydrogen) atoms. The van der Waals surface area contributed by atoms with Crippen LogP contribution in [-0.2, 0) is 11.3 Å². The number of nitrogens with zero attached hydrogens (tertiary/aromatic N) is 1. The van der Waals surface area contributed by atoms with E-state index in [-0.39, 0.29) is 12.5 Å². The number of carbonyl (C=O) groups excluding carboxylic acids is 2. The second-order valence-corrected chi connectivity index (χ2v) is 6.80. The van der Waals surface area contributed by atoms with Crippen LogP contribution in [0.4, 0.5) is 18.9 Å². The molecule has 0 bridgehead atoms. The van der Waals surface area contributed by atoms with Gasteiger partial charge in [0.1, 0.15) is 6.61 Å². The molecule has 2 aromatic carbocycles. The Morgan fingerprint density at radius 3 is 2.31 bits per heavy atom. The molecule has 0 aliphatic carbocycles. The molecule has 3 rings (SSSR count). The van der Waals surface area contributed by atoms with E-state index in [2.05, 4.69) is 10.1 Å². The third-order valence-electron chi connectivity index (χ3n) is 4.55. The number of alkyl halides is 3. The van der Waals surface area contributed by atoms with Gasteiger partial charge in [-0.25, -0.2) is 0 Å². The molecule has 1 saturated heterocycles. The number of hydrogen-bond acceptors (Lipinski definition) is 3. The first-order valence-electron chi connectivity index (χ1n) is 9.26. The van der Waals surface area contributed by atoms with Crippen molar-refractivity contribution in [1.82, 2.24) is 4.90 Å². The van der Waals surface area contributed by atoms with Gasteiger partial charge in [0.15, 0.2) is 0 Å². The van der Waals surface area contributed by atoms with E-state index >= 15 is 0 Å². The summed E-state index contributed by atoms with van der Waals surface area (Å²) in [5.74, 6) is -0.523. The van der Waals surface area contributed by atoms with E-state index in [4.69, 9.17) is 0 Å². The Morgan fingerprint density at radius 2 is 1.66 bits per heavy atom. The molecule has 2 aromatic rings. The van der Waals surface area contributed by atoms with Crippen LogP contribution in [0, 0.1) is 0 Å². The Labute approximate surface area is 166 Å². The van der Waals surface area contributed by atoms with Gasteiger partial charge in [0.25, 0.3) is 11.8 Å². The molecule has 0 atom stereocenters. The van der Waals surface area contributed by atoms with Crippen molar-refractivity contribution in [1.29, 1.82) is 0 Å². The van der Waals surface area contributed by atoms with Gasteiger partial charge in [-0.2, -0.15) is 13.2 Å². The van der Waals surface area contributed by atoms with E-state index in [0.717, 1.165) is 12.8 Å². The number of anilines is 1. The largest absolute Gasteiger partial charge is 0.411 e. The minimum absolute atomic E-state index is 0.115. The Balaban J connectivity index is 1.64. The molecule has 2 amide bonds. The first kappa shape index (κ1) is 20.9. The summed E-state index contributed by atoms with van der Waals surface area (Å²) in [5.41, 5.74) is 1.70. The molecule has 1 fully saturated rings. The van der Waals surface area contributed by atoms with Crippen LogP contribution in [0.3, 0.4) is 0 Å². The van der Waals surface area contributed by atoms with Gasteiger partial charge in [-0.1, -0.05) is 24.3 Å². The minimum Gasteiger partial charge on any atom is -0.367 e. The number of carbonyl (C=O) groups is 2. The molecule has 0 radical (unpaired) electrons. The van der Waals surface area contributed by atoms with Crippen molar-refractivity contribution < 1.29 is 27.5 Å². The summed E-state index contributed by atoms with van der Waals surface area (Å²) >= 11 is 0. The highest BCUT2D eigenvalue weighted by molar-refractivity contribution is 6.09. The van der Waals surface area contributed by atoms with Gasteiger partial charge >= 0.3 is 6.18 Å². The molecule has 1 aliphatic rings. The van der Waals surface area contributed by atoms with E-state index in [1.165, 1.54) is 24.3 Å². The van der Waals surface area contributed by atoms with Crippen molar-refractivity contribution >= 4 is 17.5 Å². The fourth-order valence-corrected chi connectivity index (χ4v) is 3.10. The van der Waals surface area contributed by atoms with E-state index in [1.54, 1.807) is 29.2 Å². The predicted molar refractivity (Wildman–Crippen MR) is 102 cm³/mol. The van der Waals surface area contributed by atoms with E-state index in [0.29, 0.717) is 35.5 Å². The summed E-state index contributed by atoms with van der Waals surface area (Å²) in [6.07, 6.45) is -2.43. The Kier molecular flexibility index (Phi) is 6.53. The zero-order chi connectivity index (χ0) is 20.9. The summed E-state index contributed by atoms with van der Waals surface area (Å²) in [4.78, 5) is 27.0. The topological polar surface area (TPSA) is 58.6 Å². The standard InChI is InChI=1S/C21H21F3N2O3/c22-21(23,24)14-29-13-15-7-9-16(10-8-15)19(27)25-18-6-2-1-5-17(18)20(28)26-11-3-4-12-26/h1-2,5-10H,3-4,11-14H2,(H,25,27). The predicted octanol–water partition coefficient (Wildman–Crippen LogP) is 4.25. The highest BCUT2D eigenvalue weighted by Gasteiger charge is 2.27. The first-order chi connectivity index (χ1) is 13.8. The second kappa shape index (κ2) is 9.09. The molecule has 1 N–H and O–H groups in total. The Hall–Kier alpha value is -2.87. The summed E-state index contributed by atoms with van der Waals surface area (Å²) in [6, 6.07) is 12.9. The number of halogens is 3. The van der Waals surface area contributed by atoms with Gasteiger partial charge < -0.3 is 15.0 Å². The smallest absolute Gasteiger partial charge is 0.367 e. The van der Waals surface area contributed by atoms with Gasteiger partial charge in [0.2, 0.25) is 0 Å². The quantitative estimate of drug-likeness (QED) is 0.780. The number of hydrogen-bond donors (Lipinski definition) is 1. The fourth-order valence-electron chi connectivity index (χ4n) is 3.10. The number of para-hydroxylation sites is 1. The van der Waals surface area contributed by atoms with Gasteiger partial charge in [-0.05, 0) is 42.7 Å². The molecule has 8 heteroatoms. The van der Waals surface area contributed by atoms with Crippen LogP contribution in [0.25, 0.3) is 0 Å². The lowest BCUT2D eigenvalue weighted by Gasteiger charge is -2.18. The van der Waals surface area contributed by atoms with Crippen LogP contribution in [0.5, 0.6) is 0 Å². The summed E-state index contributed by atoms with van der Waals surface area (Å²) < 4.78 is 41.0. The van der Waals surface area contributed by atoms with Crippen LogP contribution in [0.15, 0.2) is 48.5 Å². The van der Waals surface area contributed by atoms with Crippen molar-refractivity contribution in [2.45, 2.75) is 25.6 Å².